The number of piperazine rings is 1. The summed E-state index contributed by atoms with van der Waals surface area (Å²) in [6, 6.07) is 9.63. The summed E-state index contributed by atoms with van der Waals surface area (Å²) in [5, 5.41) is 1.48. The van der Waals surface area contributed by atoms with E-state index in [4.69, 9.17) is 35.3 Å². The van der Waals surface area contributed by atoms with Crippen LogP contribution in [-0.4, -0.2) is 95.8 Å². The first-order chi connectivity index (χ1) is 25.5. The molecular formula is C41H45F2N5O5. The Bertz CT molecular complexity index is 2110. The summed E-state index contributed by atoms with van der Waals surface area (Å²) in [4.78, 5) is 29.5. The van der Waals surface area contributed by atoms with E-state index in [1.54, 1.807) is 30.3 Å². The van der Waals surface area contributed by atoms with Crippen LogP contribution in [0.5, 0.6) is 11.8 Å². The minimum absolute atomic E-state index is 0.0259. The Morgan fingerprint density at radius 3 is 2.42 bits per heavy atom. The molecule has 2 bridgehead atoms. The van der Waals surface area contributed by atoms with Crippen molar-refractivity contribution in [2.45, 2.75) is 82.5 Å². The molecule has 4 fully saturated rings. The molecule has 12 heteroatoms. The zero-order chi connectivity index (χ0) is 37.1. The molecule has 5 heterocycles. The van der Waals surface area contributed by atoms with Crippen LogP contribution in [0.25, 0.3) is 32.8 Å². The minimum Gasteiger partial charge on any atom is -0.468 e. The highest BCUT2D eigenvalue weighted by atomic mass is 19.1. The third-order valence-corrected chi connectivity index (χ3v) is 11.3. The number of benzene rings is 3. The molecule has 4 saturated heterocycles. The lowest BCUT2D eigenvalue weighted by Gasteiger charge is -2.42. The molecule has 4 aliphatic heterocycles. The monoisotopic (exact) mass is 725 g/mol. The molecule has 2 atom stereocenters. The smallest absolute Gasteiger partial charge is 0.410 e. The molecule has 10 nitrogen and oxygen atoms in total. The van der Waals surface area contributed by atoms with Crippen molar-refractivity contribution in [3.05, 3.63) is 53.6 Å². The van der Waals surface area contributed by atoms with E-state index in [-0.39, 0.29) is 53.2 Å². The zero-order valence-electron chi connectivity index (χ0n) is 30.7. The number of terminal acetylenes is 1. The quantitative estimate of drug-likeness (QED) is 0.137. The Hall–Kier alpha value is -4.73. The molecule has 2 unspecified atom stereocenters. The number of anilines is 1. The van der Waals surface area contributed by atoms with Gasteiger partial charge in [0.2, 0.25) is 0 Å². The van der Waals surface area contributed by atoms with Crippen molar-refractivity contribution in [1.29, 1.82) is 0 Å². The fraction of sp³-hybridized carbons (Fsp3) is 0.488. The van der Waals surface area contributed by atoms with Gasteiger partial charge < -0.3 is 23.8 Å². The molecule has 1 amide bonds. The minimum atomic E-state index is -0.620. The number of ether oxygens (including phenoxy) is 4. The van der Waals surface area contributed by atoms with Crippen LogP contribution >= 0.6 is 0 Å². The van der Waals surface area contributed by atoms with Crippen molar-refractivity contribution in [2.24, 2.45) is 0 Å². The molecular weight excluding hydrogens is 680 g/mol. The summed E-state index contributed by atoms with van der Waals surface area (Å²) >= 11 is 0. The molecule has 0 radical (unpaired) electrons. The number of rotatable bonds is 8. The average Bonchev–Trinajstić information content (AvgIpc) is 3.79. The Kier molecular flexibility index (Phi) is 9.06. The van der Waals surface area contributed by atoms with Crippen molar-refractivity contribution in [1.82, 2.24) is 19.8 Å². The number of nitrogens with zero attached hydrogens (tertiary/aromatic N) is 5. The van der Waals surface area contributed by atoms with Crippen molar-refractivity contribution < 1.29 is 32.5 Å². The largest absolute Gasteiger partial charge is 0.468 e. The fourth-order valence-corrected chi connectivity index (χ4v) is 8.96. The van der Waals surface area contributed by atoms with Crippen LogP contribution in [0.2, 0.25) is 0 Å². The van der Waals surface area contributed by atoms with Gasteiger partial charge in [0.1, 0.15) is 35.1 Å². The van der Waals surface area contributed by atoms with E-state index in [2.05, 4.69) is 15.7 Å². The second-order valence-electron chi connectivity index (χ2n) is 15.7. The molecule has 4 aliphatic rings. The standard InChI is InChI=1S/C41H45F2N5O5/c1-6-29-33(42)14-9-25-19-28(52-24-50-5)20-32(34(25)29)30-12-13-31-36(35(30)43)44-38(51-23-41-15-7-17-47(41)18-8-16-41)45-37(31)46-21-26-10-11-27(22-46)48(26)39(49)53-40(2,3)4/h1,9,12-14,19-20,26-27H,7-8,10-11,15-18,21-24H2,2-5H3. The van der Waals surface area contributed by atoms with Crippen molar-refractivity contribution in [3.63, 3.8) is 0 Å². The van der Waals surface area contributed by atoms with Crippen LogP contribution in [0.3, 0.4) is 0 Å². The number of methoxy groups -OCH3 is 1. The van der Waals surface area contributed by atoms with E-state index in [1.807, 2.05) is 25.7 Å². The van der Waals surface area contributed by atoms with Gasteiger partial charge in [-0.2, -0.15) is 9.97 Å². The molecule has 8 rings (SSSR count). The number of carbonyl (C=O) groups excluding carboxylic acids is 1. The van der Waals surface area contributed by atoms with E-state index < -0.39 is 17.2 Å². The summed E-state index contributed by atoms with van der Waals surface area (Å²) < 4.78 is 55.6. The predicted octanol–water partition coefficient (Wildman–Crippen LogP) is 7.29. The molecule has 0 spiro atoms. The van der Waals surface area contributed by atoms with Crippen molar-refractivity contribution >= 4 is 33.6 Å². The van der Waals surface area contributed by atoms with E-state index >= 15 is 8.78 Å². The van der Waals surface area contributed by atoms with Crippen LogP contribution in [0.15, 0.2) is 36.4 Å². The summed E-state index contributed by atoms with van der Waals surface area (Å²) in [5.41, 5.74) is -0.0506. The van der Waals surface area contributed by atoms with Gasteiger partial charge in [0.15, 0.2) is 12.6 Å². The fourth-order valence-electron chi connectivity index (χ4n) is 8.96. The van der Waals surface area contributed by atoms with E-state index in [1.165, 1.54) is 13.2 Å². The van der Waals surface area contributed by atoms with Crippen molar-refractivity contribution in [3.8, 4) is 35.2 Å². The maximum Gasteiger partial charge on any atom is 0.410 e. The van der Waals surface area contributed by atoms with Gasteiger partial charge in [-0.3, -0.25) is 9.80 Å². The zero-order valence-corrected chi connectivity index (χ0v) is 30.7. The number of aromatic nitrogens is 2. The van der Waals surface area contributed by atoms with Crippen molar-refractivity contribution in [2.75, 3.05) is 51.6 Å². The second kappa shape index (κ2) is 13.6. The summed E-state index contributed by atoms with van der Waals surface area (Å²) in [7, 11) is 1.51. The Balaban J connectivity index is 1.24. The Morgan fingerprint density at radius 1 is 1.00 bits per heavy atom. The first-order valence-electron chi connectivity index (χ1n) is 18.5. The van der Waals surface area contributed by atoms with Crippen LogP contribution in [0.1, 0.15) is 64.9 Å². The molecule has 1 aromatic heterocycles. The van der Waals surface area contributed by atoms with Gasteiger partial charge in [0.05, 0.1) is 23.2 Å². The van der Waals surface area contributed by atoms with Gasteiger partial charge in [0.25, 0.3) is 0 Å². The van der Waals surface area contributed by atoms with Gasteiger partial charge in [-0.1, -0.05) is 18.1 Å². The van der Waals surface area contributed by atoms with Crippen LogP contribution in [0.4, 0.5) is 19.4 Å². The first kappa shape index (κ1) is 35.3. The van der Waals surface area contributed by atoms with Crippen LogP contribution < -0.4 is 14.4 Å². The van der Waals surface area contributed by atoms with Crippen LogP contribution in [-0.2, 0) is 9.47 Å². The lowest BCUT2D eigenvalue weighted by Crippen LogP contribution is -2.57. The molecule has 0 aliphatic carbocycles. The SMILES string of the molecule is C#Cc1c(F)ccc2cc(OCOC)cc(-c3ccc4c(N5CC6CCC(C5)N6C(=O)OC(C)(C)C)nc(OCC56CCCN5CCC6)nc4c3F)c12. The molecule has 278 valence electrons. The molecule has 0 saturated carbocycles. The van der Waals surface area contributed by atoms with Gasteiger partial charge in [-0.25, -0.2) is 13.6 Å². The third-order valence-electron chi connectivity index (χ3n) is 11.3. The highest BCUT2D eigenvalue weighted by molar-refractivity contribution is 6.04. The molecule has 53 heavy (non-hydrogen) atoms. The van der Waals surface area contributed by atoms with Crippen LogP contribution in [0, 0.1) is 24.0 Å². The second-order valence-corrected chi connectivity index (χ2v) is 15.7. The average molecular weight is 726 g/mol. The normalized spacial score (nSPS) is 20.9. The highest BCUT2D eigenvalue weighted by Gasteiger charge is 2.46. The van der Waals surface area contributed by atoms with E-state index in [0.29, 0.717) is 53.0 Å². The summed E-state index contributed by atoms with van der Waals surface area (Å²) in [6.07, 6.45) is 11.4. The number of hydrogen-bond donors (Lipinski definition) is 0. The summed E-state index contributed by atoms with van der Waals surface area (Å²) in [5.74, 6) is 2.22. The number of hydrogen-bond acceptors (Lipinski definition) is 9. The topological polar surface area (TPSA) is 89.5 Å². The first-order valence-corrected chi connectivity index (χ1v) is 18.5. The van der Waals surface area contributed by atoms with Gasteiger partial charge in [-0.15, -0.1) is 6.42 Å². The lowest BCUT2D eigenvalue weighted by atomic mass is 9.93. The number of halogens is 2. The number of amides is 1. The maximum absolute atomic E-state index is 17.3. The molecule has 0 N–H and O–H groups in total. The van der Waals surface area contributed by atoms with Gasteiger partial charge in [0, 0.05) is 36.5 Å². The predicted molar refractivity (Wildman–Crippen MR) is 198 cm³/mol. The van der Waals surface area contributed by atoms with Gasteiger partial charge in [-0.05, 0) is 108 Å². The number of carbonyl (C=O) groups is 1. The lowest BCUT2D eigenvalue weighted by molar-refractivity contribution is 0.0122. The summed E-state index contributed by atoms with van der Waals surface area (Å²) in [6.45, 7) is 9.05. The third kappa shape index (κ3) is 6.38. The highest BCUT2D eigenvalue weighted by Crippen LogP contribution is 2.43. The van der Waals surface area contributed by atoms with E-state index in [9.17, 15) is 4.79 Å². The molecule has 3 aromatic carbocycles. The molecule has 4 aromatic rings. The Labute approximate surface area is 308 Å². The van der Waals surface area contributed by atoms with E-state index in [0.717, 1.165) is 51.6 Å². The van der Waals surface area contributed by atoms with Gasteiger partial charge >= 0.3 is 12.1 Å². The number of fused-ring (bicyclic) bond motifs is 5. The Morgan fingerprint density at radius 2 is 1.74 bits per heavy atom. The maximum atomic E-state index is 17.3.